The summed E-state index contributed by atoms with van der Waals surface area (Å²) in [5.74, 6) is 0.487. The third kappa shape index (κ3) is 1.60. The van der Waals surface area contributed by atoms with Crippen molar-refractivity contribution in [1.82, 2.24) is 9.97 Å². The third-order valence-electron chi connectivity index (χ3n) is 1.34. The first-order valence-electron chi connectivity index (χ1n) is 3.20. The molecule has 1 aromatic heterocycles. The van der Waals surface area contributed by atoms with Gasteiger partial charge in [-0.3, -0.25) is 0 Å². The van der Waals surface area contributed by atoms with Gasteiger partial charge < -0.3 is 4.74 Å². The van der Waals surface area contributed by atoms with Crippen LogP contribution in [0.2, 0.25) is 5.15 Å². The summed E-state index contributed by atoms with van der Waals surface area (Å²) in [6.45, 7) is 3.64. The van der Waals surface area contributed by atoms with Crippen molar-refractivity contribution < 1.29 is 4.74 Å². The lowest BCUT2D eigenvalue weighted by molar-refractivity contribution is 0.391. The molecule has 1 rings (SSSR count). The Morgan fingerprint density at radius 2 is 1.82 bits per heavy atom. The van der Waals surface area contributed by atoms with Gasteiger partial charge in [-0.2, -0.15) is 4.98 Å². The van der Waals surface area contributed by atoms with Gasteiger partial charge >= 0.3 is 0 Å². The molecular formula is C7H9ClN2O. The summed E-state index contributed by atoms with van der Waals surface area (Å²) in [6.07, 6.45) is 0. The number of halogens is 1. The Balaban J connectivity index is 3.21. The van der Waals surface area contributed by atoms with Crippen molar-refractivity contribution in [2.45, 2.75) is 13.8 Å². The maximum atomic E-state index is 5.71. The molecule has 1 aromatic rings. The lowest BCUT2D eigenvalue weighted by Gasteiger charge is -2.03. The Bertz CT molecular complexity index is 275. The van der Waals surface area contributed by atoms with Crippen LogP contribution in [0.3, 0.4) is 0 Å². The summed E-state index contributed by atoms with van der Waals surface area (Å²) in [5, 5.41) is 0.396. The van der Waals surface area contributed by atoms with E-state index in [9.17, 15) is 0 Å². The van der Waals surface area contributed by atoms with Crippen LogP contribution in [0, 0.1) is 13.8 Å². The molecule has 0 aliphatic carbocycles. The fourth-order valence-electron chi connectivity index (χ4n) is 0.790. The summed E-state index contributed by atoms with van der Waals surface area (Å²) in [5.41, 5.74) is 1.49. The zero-order chi connectivity index (χ0) is 8.43. The van der Waals surface area contributed by atoms with Crippen molar-refractivity contribution in [3.8, 4) is 5.88 Å². The maximum absolute atomic E-state index is 5.71. The number of nitrogens with zero attached hydrogens (tertiary/aromatic N) is 2. The highest BCUT2D eigenvalue weighted by molar-refractivity contribution is 6.30. The van der Waals surface area contributed by atoms with Crippen LogP contribution >= 0.6 is 11.6 Å². The van der Waals surface area contributed by atoms with E-state index in [2.05, 4.69) is 9.97 Å². The lowest BCUT2D eigenvalue weighted by Crippen LogP contribution is -1.97. The Hall–Kier alpha value is -0.830. The van der Waals surface area contributed by atoms with Gasteiger partial charge in [0.1, 0.15) is 0 Å². The van der Waals surface area contributed by atoms with Crippen LogP contribution in [0.1, 0.15) is 11.4 Å². The molecule has 0 aliphatic rings. The number of methoxy groups -OCH3 is 1. The molecule has 0 fully saturated rings. The zero-order valence-corrected chi connectivity index (χ0v) is 7.44. The predicted molar refractivity (Wildman–Crippen MR) is 43.1 cm³/mol. The topological polar surface area (TPSA) is 35.0 Å². The molecule has 4 heteroatoms. The van der Waals surface area contributed by atoms with Crippen molar-refractivity contribution in [3.63, 3.8) is 0 Å². The Morgan fingerprint density at radius 1 is 1.18 bits per heavy atom. The second-order valence-corrected chi connectivity index (χ2v) is 2.55. The number of aryl methyl sites for hydroxylation is 2. The second kappa shape index (κ2) is 3.05. The molecule has 3 nitrogen and oxygen atoms in total. The largest absolute Gasteiger partial charge is 0.480 e. The summed E-state index contributed by atoms with van der Waals surface area (Å²) >= 11 is 5.71. The van der Waals surface area contributed by atoms with Crippen molar-refractivity contribution in [2.24, 2.45) is 0 Å². The van der Waals surface area contributed by atoms with E-state index in [-0.39, 0.29) is 0 Å². The molecule has 1 heterocycles. The highest BCUT2D eigenvalue weighted by atomic mass is 35.5. The normalized spacial score (nSPS) is 9.82. The van der Waals surface area contributed by atoms with E-state index in [1.165, 1.54) is 0 Å². The minimum atomic E-state index is 0.396. The fraction of sp³-hybridized carbons (Fsp3) is 0.429. The Kier molecular flexibility index (Phi) is 2.29. The van der Waals surface area contributed by atoms with Crippen molar-refractivity contribution in [2.75, 3.05) is 7.11 Å². The molecule has 0 N–H and O–H groups in total. The molecule has 0 atom stereocenters. The van der Waals surface area contributed by atoms with Gasteiger partial charge in [-0.1, -0.05) is 11.6 Å². The van der Waals surface area contributed by atoms with Crippen LogP contribution in [0.5, 0.6) is 5.88 Å². The molecule has 0 spiro atoms. The minimum absolute atomic E-state index is 0.396. The van der Waals surface area contributed by atoms with Gasteiger partial charge in [-0.05, 0) is 13.8 Å². The number of hydrogen-bond acceptors (Lipinski definition) is 3. The minimum Gasteiger partial charge on any atom is -0.480 e. The van der Waals surface area contributed by atoms with Gasteiger partial charge in [0, 0.05) is 0 Å². The quantitative estimate of drug-likeness (QED) is 0.648. The molecule has 0 amide bonds. The molecule has 0 saturated carbocycles. The van der Waals surface area contributed by atoms with Crippen LogP contribution in [0.4, 0.5) is 0 Å². The van der Waals surface area contributed by atoms with Gasteiger partial charge in [-0.15, -0.1) is 0 Å². The average Bonchev–Trinajstić information content (AvgIpc) is 1.97. The highest BCUT2D eigenvalue weighted by Crippen LogP contribution is 2.17. The smallest absolute Gasteiger partial charge is 0.236 e. The Morgan fingerprint density at radius 3 is 2.36 bits per heavy atom. The van der Waals surface area contributed by atoms with Crippen LogP contribution in [0.15, 0.2) is 0 Å². The summed E-state index contributed by atoms with van der Waals surface area (Å²) in [6, 6.07) is 0. The first kappa shape index (κ1) is 8.27. The van der Waals surface area contributed by atoms with Crippen LogP contribution in [0.25, 0.3) is 0 Å². The number of aromatic nitrogens is 2. The predicted octanol–water partition coefficient (Wildman–Crippen LogP) is 1.76. The molecule has 11 heavy (non-hydrogen) atoms. The zero-order valence-electron chi connectivity index (χ0n) is 6.68. The highest BCUT2D eigenvalue weighted by Gasteiger charge is 2.04. The standard InChI is InChI=1S/C7H9ClN2O/c1-4-6(8)10-7(11-3)5(2)9-4/h1-3H3. The maximum Gasteiger partial charge on any atom is 0.236 e. The summed E-state index contributed by atoms with van der Waals surface area (Å²) < 4.78 is 4.92. The van der Waals surface area contributed by atoms with E-state index in [1.54, 1.807) is 7.11 Å². The van der Waals surface area contributed by atoms with E-state index in [4.69, 9.17) is 16.3 Å². The summed E-state index contributed by atoms with van der Waals surface area (Å²) in [4.78, 5) is 8.10. The molecule has 60 valence electrons. The van der Waals surface area contributed by atoms with Crippen LogP contribution < -0.4 is 4.74 Å². The molecule has 0 radical (unpaired) electrons. The molecule has 0 saturated heterocycles. The van der Waals surface area contributed by atoms with Gasteiger partial charge in [0.15, 0.2) is 5.15 Å². The molecule has 0 aliphatic heterocycles. The van der Waals surface area contributed by atoms with Crippen molar-refractivity contribution in [3.05, 3.63) is 16.5 Å². The average molecular weight is 173 g/mol. The number of rotatable bonds is 1. The van der Waals surface area contributed by atoms with Crippen molar-refractivity contribution in [1.29, 1.82) is 0 Å². The first-order valence-corrected chi connectivity index (χ1v) is 3.57. The van der Waals surface area contributed by atoms with Crippen LogP contribution in [-0.2, 0) is 0 Å². The van der Waals surface area contributed by atoms with Gasteiger partial charge in [0.05, 0.1) is 18.5 Å². The molecule has 0 aromatic carbocycles. The van der Waals surface area contributed by atoms with Gasteiger partial charge in [-0.25, -0.2) is 4.98 Å². The van der Waals surface area contributed by atoms with E-state index in [1.807, 2.05) is 13.8 Å². The second-order valence-electron chi connectivity index (χ2n) is 2.19. The molecule has 0 bridgehead atoms. The SMILES string of the molecule is COc1nc(Cl)c(C)nc1C. The number of ether oxygens (including phenoxy) is 1. The van der Waals surface area contributed by atoms with E-state index >= 15 is 0 Å². The fourth-order valence-corrected chi connectivity index (χ4v) is 0.909. The van der Waals surface area contributed by atoms with E-state index in [0.29, 0.717) is 11.0 Å². The van der Waals surface area contributed by atoms with Gasteiger partial charge in [0.2, 0.25) is 5.88 Å². The molecule has 0 unspecified atom stereocenters. The van der Waals surface area contributed by atoms with Gasteiger partial charge in [0.25, 0.3) is 0 Å². The van der Waals surface area contributed by atoms with E-state index < -0.39 is 0 Å². The lowest BCUT2D eigenvalue weighted by atomic mass is 10.4. The molecular weight excluding hydrogens is 164 g/mol. The third-order valence-corrected chi connectivity index (χ3v) is 1.69. The van der Waals surface area contributed by atoms with E-state index in [0.717, 1.165) is 11.4 Å². The number of hydrogen-bond donors (Lipinski definition) is 0. The van der Waals surface area contributed by atoms with Crippen molar-refractivity contribution >= 4 is 11.6 Å². The monoisotopic (exact) mass is 172 g/mol. The summed E-state index contributed by atoms with van der Waals surface area (Å²) in [7, 11) is 1.54. The Labute approximate surface area is 70.4 Å². The first-order chi connectivity index (χ1) is 5.15. The van der Waals surface area contributed by atoms with Crippen LogP contribution in [-0.4, -0.2) is 17.1 Å².